The number of aromatic nitrogens is 2. The van der Waals surface area contributed by atoms with Crippen molar-refractivity contribution in [2.45, 2.75) is 38.8 Å². The summed E-state index contributed by atoms with van der Waals surface area (Å²) in [4.78, 5) is 2.39. The third-order valence-corrected chi connectivity index (χ3v) is 6.72. The zero-order valence-electron chi connectivity index (χ0n) is 21.2. The smallest absolute Gasteiger partial charge is 0.222 e. The Bertz CT molecular complexity index is 1270. The fraction of sp³-hybridized carbons (Fsp3) is 0.323. The van der Waals surface area contributed by atoms with E-state index in [1.165, 1.54) is 12.8 Å². The number of ether oxygens (including phenoxy) is 1. The van der Waals surface area contributed by atoms with Crippen LogP contribution in [0.1, 0.15) is 29.5 Å². The maximum atomic E-state index is 11.0. The van der Waals surface area contributed by atoms with E-state index in [1.54, 1.807) is 0 Å². The molecule has 1 aliphatic rings. The number of hydrogen-bond donors (Lipinski definition) is 1. The molecule has 0 spiro atoms. The van der Waals surface area contributed by atoms with E-state index < -0.39 is 6.10 Å². The largest absolute Gasteiger partial charge is 0.439 e. The van der Waals surface area contributed by atoms with Gasteiger partial charge >= 0.3 is 0 Å². The highest BCUT2D eigenvalue weighted by Gasteiger charge is 2.28. The Labute approximate surface area is 214 Å². The molecule has 3 aromatic carbocycles. The number of aliphatic hydroxyl groups excluding tert-OH is 1. The first-order valence-corrected chi connectivity index (χ1v) is 12.9. The third-order valence-electron chi connectivity index (χ3n) is 6.72. The molecular weight excluding hydrogens is 446 g/mol. The summed E-state index contributed by atoms with van der Waals surface area (Å²) >= 11 is 0. The molecule has 0 saturated heterocycles. The molecule has 5 heteroatoms. The lowest BCUT2D eigenvalue weighted by Crippen LogP contribution is -2.35. The molecule has 1 fully saturated rings. The topological polar surface area (TPSA) is 50.5 Å². The Kier molecular flexibility index (Phi) is 7.49. The van der Waals surface area contributed by atoms with E-state index >= 15 is 0 Å². The molecule has 1 heterocycles. The summed E-state index contributed by atoms with van der Waals surface area (Å²) in [7, 11) is 1.94. The average molecular weight is 482 g/mol. The Morgan fingerprint density at radius 3 is 2.42 bits per heavy atom. The number of rotatable bonds is 11. The van der Waals surface area contributed by atoms with Crippen molar-refractivity contribution in [3.63, 3.8) is 0 Å². The molecule has 1 unspecified atom stereocenters. The zero-order valence-corrected chi connectivity index (χ0v) is 21.2. The lowest BCUT2D eigenvalue weighted by atomic mass is 10.1. The van der Waals surface area contributed by atoms with Gasteiger partial charge in [-0.2, -0.15) is 5.10 Å². The Balaban J connectivity index is 1.45. The molecular formula is C31H35N3O2. The van der Waals surface area contributed by atoms with Crippen molar-refractivity contribution in [3.8, 4) is 22.9 Å². The minimum atomic E-state index is -0.441. The van der Waals surface area contributed by atoms with Crippen LogP contribution in [0.2, 0.25) is 0 Å². The summed E-state index contributed by atoms with van der Waals surface area (Å²) in [6, 6.07) is 28.6. The first kappa shape index (κ1) is 24.3. The van der Waals surface area contributed by atoms with Gasteiger partial charge in [0.15, 0.2) is 0 Å². The van der Waals surface area contributed by atoms with Gasteiger partial charge in [-0.25, -0.2) is 4.68 Å². The van der Waals surface area contributed by atoms with Crippen molar-refractivity contribution in [1.29, 1.82) is 0 Å². The Morgan fingerprint density at radius 1 is 1.00 bits per heavy atom. The van der Waals surface area contributed by atoms with Crippen LogP contribution in [0.3, 0.4) is 0 Å². The number of aryl methyl sites for hydroxylation is 2. The summed E-state index contributed by atoms with van der Waals surface area (Å²) in [5.74, 6) is 2.25. The molecule has 1 saturated carbocycles. The summed E-state index contributed by atoms with van der Waals surface area (Å²) in [6.45, 7) is 4.32. The quantitative estimate of drug-likeness (QED) is 0.285. The molecule has 186 valence electrons. The molecule has 0 aliphatic heterocycles. The standard InChI is InChI=1S/C31H35N3O2/c1-23-10-9-15-28(18-23)36-31-29(30(32-33(31)2)26-13-7-4-8-14-26)22-34(20-25-16-17-25)21-27(35)19-24-11-5-3-6-12-24/h3-15,18,25,27,35H,16-17,19-22H2,1-2H3. The fourth-order valence-corrected chi connectivity index (χ4v) is 4.78. The van der Waals surface area contributed by atoms with Crippen molar-refractivity contribution in [1.82, 2.24) is 14.7 Å². The van der Waals surface area contributed by atoms with E-state index in [0.717, 1.165) is 46.1 Å². The highest BCUT2D eigenvalue weighted by molar-refractivity contribution is 5.65. The van der Waals surface area contributed by atoms with Crippen molar-refractivity contribution >= 4 is 0 Å². The first-order chi connectivity index (χ1) is 17.5. The predicted octanol–water partition coefficient (Wildman–Crippen LogP) is 6.00. The number of benzene rings is 3. The Hall–Kier alpha value is -3.41. The van der Waals surface area contributed by atoms with Gasteiger partial charge in [0.1, 0.15) is 11.4 Å². The van der Waals surface area contributed by atoms with Crippen LogP contribution in [0, 0.1) is 12.8 Å². The van der Waals surface area contributed by atoms with Gasteiger partial charge in [0.05, 0.1) is 11.7 Å². The van der Waals surface area contributed by atoms with E-state index in [0.29, 0.717) is 25.4 Å². The molecule has 5 nitrogen and oxygen atoms in total. The summed E-state index contributed by atoms with van der Waals surface area (Å²) in [6.07, 6.45) is 2.73. The van der Waals surface area contributed by atoms with Crippen LogP contribution in [-0.4, -0.2) is 39.0 Å². The second-order valence-corrected chi connectivity index (χ2v) is 10.0. The molecule has 0 amide bonds. The van der Waals surface area contributed by atoms with Crippen molar-refractivity contribution < 1.29 is 9.84 Å². The Morgan fingerprint density at radius 2 is 1.72 bits per heavy atom. The molecule has 5 rings (SSSR count). The van der Waals surface area contributed by atoms with Gasteiger partial charge in [-0.3, -0.25) is 4.90 Å². The van der Waals surface area contributed by atoms with Crippen LogP contribution in [0.4, 0.5) is 0 Å². The minimum absolute atomic E-state index is 0.441. The average Bonchev–Trinajstić information content (AvgIpc) is 3.64. The van der Waals surface area contributed by atoms with Crippen molar-refractivity contribution in [2.24, 2.45) is 13.0 Å². The van der Waals surface area contributed by atoms with E-state index in [2.05, 4.69) is 42.2 Å². The van der Waals surface area contributed by atoms with Gasteiger partial charge in [-0.1, -0.05) is 72.8 Å². The van der Waals surface area contributed by atoms with E-state index in [-0.39, 0.29) is 0 Å². The lowest BCUT2D eigenvalue weighted by molar-refractivity contribution is 0.105. The van der Waals surface area contributed by atoms with Gasteiger partial charge in [0.25, 0.3) is 0 Å². The van der Waals surface area contributed by atoms with Crippen LogP contribution in [0.25, 0.3) is 11.3 Å². The van der Waals surface area contributed by atoms with Crippen molar-refractivity contribution in [2.75, 3.05) is 13.1 Å². The van der Waals surface area contributed by atoms with Crippen LogP contribution in [0.15, 0.2) is 84.9 Å². The van der Waals surface area contributed by atoms with Gasteiger partial charge in [0.2, 0.25) is 5.88 Å². The van der Waals surface area contributed by atoms with Crippen LogP contribution in [0.5, 0.6) is 11.6 Å². The summed E-state index contributed by atoms with van der Waals surface area (Å²) in [5, 5.41) is 15.9. The van der Waals surface area contributed by atoms with Crippen LogP contribution >= 0.6 is 0 Å². The van der Waals surface area contributed by atoms with E-state index in [4.69, 9.17) is 9.84 Å². The minimum Gasteiger partial charge on any atom is -0.439 e. The molecule has 1 atom stereocenters. The van der Waals surface area contributed by atoms with E-state index in [9.17, 15) is 5.11 Å². The summed E-state index contributed by atoms with van der Waals surface area (Å²) in [5.41, 5.74) is 5.36. The van der Waals surface area contributed by atoms with Gasteiger partial charge in [0, 0.05) is 32.2 Å². The third kappa shape index (κ3) is 6.23. The maximum absolute atomic E-state index is 11.0. The number of hydrogen-bond acceptors (Lipinski definition) is 4. The van der Waals surface area contributed by atoms with Crippen LogP contribution < -0.4 is 4.74 Å². The summed E-state index contributed by atoms with van der Waals surface area (Å²) < 4.78 is 8.30. The molecule has 1 aliphatic carbocycles. The second kappa shape index (κ2) is 11.1. The number of aliphatic hydroxyl groups is 1. The molecule has 1 aromatic heterocycles. The molecule has 4 aromatic rings. The lowest BCUT2D eigenvalue weighted by Gasteiger charge is -2.26. The molecule has 0 radical (unpaired) electrons. The van der Waals surface area contributed by atoms with E-state index in [1.807, 2.05) is 66.3 Å². The fourth-order valence-electron chi connectivity index (χ4n) is 4.78. The maximum Gasteiger partial charge on any atom is 0.222 e. The van der Waals surface area contributed by atoms with Gasteiger partial charge in [-0.15, -0.1) is 0 Å². The number of nitrogens with zero attached hydrogens (tertiary/aromatic N) is 3. The molecule has 1 N–H and O–H groups in total. The van der Waals surface area contributed by atoms with Gasteiger partial charge < -0.3 is 9.84 Å². The van der Waals surface area contributed by atoms with Gasteiger partial charge in [-0.05, 0) is 55.4 Å². The molecule has 36 heavy (non-hydrogen) atoms. The van der Waals surface area contributed by atoms with Crippen LogP contribution in [-0.2, 0) is 20.0 Å². The van der Waals surface area contributed by atoms with Crippen molar-refractivity contribution in [3.05, 3.63) is 102 Å². The SMILES string of the molecule is Cc1cccc(Oc2c(CN(CC(O)Cc3ccccc3)CC3CC3)c(-c3ccccc3)nn2C)c1. The highest BCUT2D eigenvalue weighted by atomic mass is 16.5. The second-order valence-electron chi connectivity index (χ2n) is 10.0. The predicted molar refractivity (Wildman–Crippen MR) is 144 cm³/mol. The zero-order chi connectivity index (χ0) is 24.9. The first-order valence-electron chi connectivity index (χ1n) is 12.9. The molecule has 0 bridgehead atoms. The highest BCUT2D eigenvalue weighted by Crippen LogP contribution is 2.36. The normalized spacial score (nSPS) is 14.2. The monoisotopic (exact) mass is 481 g/mol.